The lowest BCUT2D eigenvalue weighted by Gasteiger charge is -2.26. The topological polar surface area (TPSA) is 120 Å². The molecule has 1 aliphatic rings. The van der Waals surface area contributed by atoms with E-state index in [1.54, 1.807) is 0 Å². The van der Waals surface area contributed by atoms with Crippen molar-refractivity contribution in [2.45, 2.75) is 29.4 Å². The molecule has 1 amide bonds. The molecular formula is C28H23F3N4O4S2. The molecule has 1 atom stereocenters. The van der Waals surface area contributed by atoms with Crippen LogP contribution in [0.1, 0.15) is 23.7 Å². The number of sulfone groups is 1. The van der Waals surface area contributed by atoms with Crippen LogP contribution >= 0.6 is 0 Å². The van der Waals surface area contributed by atoms with E-state index >= 15 is 0 Å². The smallest absolute Gasteiger partial charge is 0.386 e. The molecule has 0 saturated heterocycles. The number of halogens is 3. The maximum Gasteiger partial charge on any atom is 0.416 e. The van der Waals surface area contributed by atoms with Crippen LogP contribution in [0.2, 0.25) is 0 Å². The monoisotopic (exact) mass is 600 g/mol. The molecule has 2 heterocycles. The number of nitriles is 1. The standard InChI is InChI=1S/C28H23F3N4O4S2/c1-2-41(38,39)26-11-8-22(34-17-26)18-35(23-5-3-4-21(13-23)28(29,30)31)27(36)20-12-25(16-33-15-20)40(37)24-9-6-19(14-32)7-10-24/h3-13,16-17,33H,2,15,18H2,1H3. The second kappa shape index (κ2) is 12.1. The van der Waals surface area contributed by atoms with E-state index in [-0.39, 0.29) is 45.6 Å². The Hall–Kier alpha value is -4.28. The summed E-state index contributed by atoms with van der Waals surface area (Å²) in [6.45, 7) is 1.24. The van der Waals surface area contributed by atoms with E-state index in [0.29, 0.717) is 10.5 Å². The molecule has 41 heavy (non-hydrogen) atoms. The van der Waals surface area contributed by atoms with Gasteiger partial charge in [-0.2, -0.15) is 18.4 Å². The Labute approximate surface area is 237 Å². The zero-order chi connectivity index (χ0) is 29.8. The van der Waals surface area contributed by atoms with Crippen LogP contribution in [0, 0.1) is 11.3 Å². The van der Waals surface area contributed by atoms with E-state index in [0.717, 1.165) is 23.2 Å². The van der Waals surface area contributed by atoms with Gasteiger partial charge in [0.1, 0.15) is 0 Å². The molecule has 0 fully saturated rings. The highest BCUT2D eigenvalue weighted by atomic mass is 32.2. The van der Waals surface area contributed by atoms with Crippen molar-refractivity contribution in [3.63, 3.8) is 0 Å². The molecule has 4 rings (SSSR count). The van der Waals surface area contributed by atoms with Crippen LogP contribution in [0.15, 0.2) is 99.4 Å². The summed E-state index contributed by atoms with van der Waals surface area (Å²) in [5.41, 5.74) is -0.247. The van der Waals surface area contributed by atoms with Gasteiger partial charge in [-0.1, -0.05) is 13.0 Å². The highest BCUT2D eigenvalue weighted by molar-refractivity contribution is 7.91. The lowest BCUT2D eigenvalue weighted by molar-refractivity contribution is -0.137. The fourth-order valence-corrected chi connectivity index (χ4v) is 5.80. The number of amides is 1. The number of nitrogens with zero attached hydrogens (tertiary/aromatic N) is 3. The number of rotatable bonds is 8. The number of benzene rings is 2. The minimum atomic E-state index is -4.65. The van der Waals surface area contributed by atoms with E-state index in [2.05, 4.69) is 10.3 Å². The number of nitrogens with one attached hydrogen (secondary N) is 1. The van der Waals surface area contributed by atoms with Gasteiger partial charge in [-0.05, 0) is 60.7 Å². The molecule has 13 heteroatoms. The Morgan fingerprint density at radius 1 is 1.15 bits per heavy atom. The molecule has 1 aliphatic heterocycles. The fourth-order valence-electron chi connectivity index (χ4n) is 3.88. The Morgan fingerprint density at radius 3 is 2.49 bits per heavy atom. The lowest BCUT2D eigenvalue weighted by Crippen LogP contribution is -2.36. The van der Waals surface area contributed by atoms with Gasteiger partial charge < -0.3 is 10.2 Å². The van der Waals surface area contributed by atoms with Crippen molar-refractivity contribution in [2.75, 3.05) is 17.2 Å². The number of allylic oxidation sites excluding steroid dienone is 1. The molecule has 1 unspecified atom stereocenters. The van der Waals surface area contributed by atoms with E-state index in [1.165, 1.54) is 67.7 Å². The normalized spacial score (nSPS) is 14.2. The second-order valence-electron chi connectivity index (χ2n) is 8.83. The number of dihydropyridines is 1. The third kappa shape index (κ3) is 6.90. The van der Waals surface area contributed by atoms with Gasteiger partial charge in [0.2, 0.25) is 0 Å². The molecule has 0 aliphatic carbocycles. The van der Waals surface area contributed by atoms with Crippen molar-refractivity contribution in [3.05, 3.63) is 106 Å². The van der Waals surface area contributed by atoms with Crippen molar-refractivity contribution in [1.29, 1.82) is 5.26 Å². The van der Waals surface area contributed by atoms with E-state index < -0.39 is 38.3 Å². The van der Waals surface area contributed by atoms with Crippen LogP contribution in [0.5, 0.6) is 0 Å². The summed E-state index contributed by atoms with van der Waals surface area (Å²) in [5, 5.41) is 11.9. The highest BCUT2D eigenvalue weighted by Gasteiger charge is 2.32. The summed E-state index contributed by atoms with van der Waals surface area (Å²) >= 11 is 0. The minimum Gasteiger partial charge on any atom is -0.386 e. The summed E-state index contributed by atoms with van der Waals surface area (Å²) in [6, 6.07) is 15.1. The van der Waals surface area contributed by atoms with E-state index in [9.17, 15) is 30.6 Å². The van der Waals surface area contributed by atoms with Crippen molar-refractivity contribution in [3.8, 4) is 6.07 Å². The second-order valence-corrected chi connectivity index (χ2v) is 12.6. The van der Waals surface area contributed by atoms with E-state index in [4.69, 9.17) is 5.26 Å². The third-order valence-corrected chi connectivity index (χ3v) is 9.21. The molecule has 0 saturated carbocycles. The number of carbonyl (C=O) groups is 1. The number of carbonyl (C=O) groups excluding carboxylic acids is 1. The number of alkyl halides is 3. The minimum absolute atomic E-state index is 0.0139. The number of anilines is 1. The summed E-state index contributed by atoms with van der Waals surface area (Å²) in [6.07, 6.45) is -0.614. The maximum absolute atomic E-state index is 13.8. The predicted octanol–water partition coefficient (Wildman–Crippen LogP) is 4.48. The van der Waals surface area contributed by atoms with Crippen LogP contribution in [-0.2, 0) is 38.2 Å². The van der Waals surface area contributed by atoms with Crippen molar-refractivity contribution in [2.24, 2.45) is 0 Å². The van der Waals surface area contributed by atoms with Crippen LogP contribution in [0.25, 0.3) is 0 Å². The van der Waals surface area contributed by atoms with Crippen LogP contribution in [0.4, 0.5) is 18.9 Å². The van der Waals surface area contributed by atoms with Crippen LogP contribution in [0.3, 0.4) is 0 Å². The number of hydrogen-bond donors (Lipinski definition) is 1. The average molecular weight is 601 g/mol. The molecular weight excluding hydrogens is 577 g/mol. The molecule has 1 N–H and O–H groups in total. The molecule has 3 aromatic rings. The Balaban J connectivity index is 1.69. The number of hydrogen-bond acceptors (Lipinski definition) is 7. The van der Waals surface area contributed by atoms with Gasteiger partial charge in [0.15, 0.2) is 9.84 Å². The first-order chi connectivity index (χ1) is 19.4. The van der Waals surface area contributed by atoms with Crippen LogP contribution in [-0.4, -0.2) is 35.8 Å². The summed E-state index contributed by atoms with van der Waals surface area (Å²) in [5.74, 6) is -0.796. The average Bonchev–Trinajstić information content (AvgIpc) is 2.99. The maximum atomic E-state index is 13.8. The Kier molecular flexibility index (Phi) is 8.74. The van der Waals surface area contributed by atoms with Gasteiger partial charge in [-0.15, -0.1) is 0 Å². The molecule has 0 bridgehead atoms. The molecule has 1 aromatic heterocycles. The highest BCUT2D eigenvalue weighted by Crippen LogP contribution is 2.33. The quantitative estimate of drug-likeness (QED) is 0.405. The van der Waals surface area contributed by atoms with Gasteiger partial charge in [0.05, 0.1) is 55.8 Å². The first-order valence-corrected chi connectivity index (χ1v) is 15.0. The van der Waals surface area contributed by atoms with Gasteiger partial charge in [0, 0.05) is 35.1 Å². The van der Waals surface area contributed by atoms with E-state index in [1.807, 2.05) is 6.07 Å². The van der Waals surface area contributed by atoms with Crippen LogP contribution < -0.4 is 10.2 Å². The zero-order valence-electron chi connectivity index (χ0n) is 21.6. The Morgan fingerprint density at radius 2 is 1.88 bits per heavy atom. The molecule has 0 radical (unpaired) electrons. The largest absolute Gasteiger partial charge is 0.416 e. The molecule has 212 valence electrons. The predicted molar refractivity (Wildman–Crippen MR) is 146 cm³/mol. The molecule has 8 nitrogen and oxygen atoms in total. The summed E-state index contributed by atoms with van der Waals surface area (Å²) < 4.78 is 78.0. The SMILES string of the molecule is CCS(=O)(=O)c1ccc(CN(C(=O)C2=CC(S(=O)c3ccc(C#N)cc3)=CNC2)c2cccc(C(F)(F)F)c2)nc1. The first kappa shape index (κ1) is 29.7. The van der Waals surface area contributed by atoms with Gasteiger partial charge in [0.25, 0.3) is 5.91 Å². The van der Waals surface area contributed by atoms with Crippen molar-refractivity contribution in [1.82, 2.24) is 10.3 Å². The zero-order valence-corrected chi connectivity index (χ0v) is 23.2. The van der Waals surface area contributed by atoms with Crippen molar-refractivity contribution < 1.29 is 30.6 Å². The summed E-state index contributed by atoms with van der Waals surface area (Å²) in [7, 11) is -5.25. The van der Waals surface area contributed by atoms with Gasteiger partial charge in [-0.3, -0.25) is 9.78 Å². The number of pyridine rings is 1. The van der Waals surface area contributed by atoms with Gasteiger partial charge in [-0.25, -0.2) is 12.6 Å². The third-order valence-electron chi connectivity index (χ3n) is 6.13. The summed E-state index contributed by atoms with van der Waals surface area (Å²) in [4.78, 5) is 19.6. The van der Waals surface area contributed by atoms with Crippen molar-refractivity contribution >= 4 is 32.2 Å². The number of aromatic nitrogens is 1. The molecule has 0 spiro atoms. The fraction of sp³-hybridized carbons (Fsp3) is 0.179. The lowest BCUT2D eigenvalue weighted by atomic mass is 10.1. The first-order valence-electron chi connectivity index (χ1n) is 12.2. The van der Waals surface area contributed by atoms with Gasteiger partial charge >= 0.3 is 6.18 Å². The Bertz CT molecular complexity index is 1690. The molecule has 2 aromatic carbocycles.